The van der Waals surface area contributed by atoms with Crippen molar-refractivity contribution in [2.45, 2.75) is 31.7 Å². The van der Waals surface area contributed by atoms with Gasteiger partial charge in [-0.3, -0.25) is 9.69 Å². The van der Waals surface area contributed by atoms with Crippen molar-refractivity contribution in [2.24, 2.45) is 0 Å². The summed E-state index contributed by atoms with van der Waals surface area (Å²) < 4.78 is 0. The van der Waals surface area contributed by atoms with E-state index in [1.54, 1.807) is 12.1 Å². The van der Waals surface area contributed by atoms with Crippen molar-refractivity contribution in [3.8, 4) is 5.75 Å². The smallest absolute Gasteiger partial charge is 0.181 e. The zero-order valence-corrected chi connectivity index (χ0v) is 15.0. The van der Waals surface area contributed by atoms with Crippen LogP contribution < -0.4 is 0 Å². The van der Waals surface area contributed by atoms with Gasteiger partial charge < -0.3 is 10.1 Å². The van der Waals surface area contributed by atoms with Gasteiger partial charge >= 0.3 is 0 Å². The first-order valence-electron chi connectivity index (χ1n) is 9.27. The quantitative estimate of drug-likeness (QED) is 0.690. The Hall–Kier alpha value is -2.59. The molecule has 0 aliphatic carbocycles. The second-order valence-corrected chi connectivity index (χ2v) is 7.19. The number of phenolic OH excluding ortho intramolecular Hbond substituents is 1. The van der Waals surface area contributed by atoms with Crippen LogP contribution in [-0.2, 0) is 0 Å². The molecule has 2 N–H and O–H groups in total. The van der Waals surface area contributed by atoms with Crippen LogP contribution in [0.1, 0.15) is 41.6 Å². The minimum atomic E-state index is -0.116. The van der Waals surface area contributed by atoms with Crippen LogP contribution in [0.5, 0.6) is 5.75 Å². The summed E-state index contributed by atoms with van der Waals surface area (Å²) in [5, 5.41) is 10.5. The molecule has 0 amide bonds. The average Bonchev–Trinajstić information content (AvgIpc) is 3.12. The Kier molecular flexibility index (Phi) is 4.51. The number of hydrogen-bond acceptors (Lipinski definition) is 3. The first-order chi connectivity index (χ1) is 12.6. The van der Waals surface area contributed by atoms with Crippen LogP contribution in [0.15, 0.2) is 54.7 Å². The van der Waals surface area contributed by atoms with Gasteiger partial charge in [-0.05, 0) is 62.5 Å². The van der Waals surface area contributed by atoms with E-state index >= 15 is 0 Å². The monoisotopic (exact) mass is 348 g/mol. The summed E-state index contributed by atoms with van der Waals surface area (Å²) in [6, 6.07) is 15.4. The summed E-state index contributed by atoms with van der Waals surface area (Å²) in [7, 11) is 0. The highest BCUT2D eigenvalue weighted by Crippen LogP contribution is 2.30. The molecule has 0 bridgehead atoms. The Morgan fingerprint density at radius 2 is 1.81 bits per heavy atom. The van der Waals surface area contributed by atoms with E-state index in [2.05, 4.69) is 9.88 Å². The minimum absolute atomic E-state index is 0.116. The fraction of sp³-hybridized carbons (Fsp3) is 0.318. The predicted molar refractivity (Wildman–Crippen MR) is 104 cm³/mol. The van der Waals surface area contributed by atoms with Crippen molar-refractivity contribution in [2.75, 3.05) is 13.1 Å². The molecule has 1 aromatic heterocycles. The van der Waals surface area contributed by atoms with Gasteiger partial charge in [0.1, 0.15) is 5.75 Å². The third-order valence-corrected chi connectivity index (χ3v) is 5.68. The third kappa shape index (κ3) is 3.13. The Labute approximate surface area is 153 Å². The molecular formula is C22H24N2O2. The summed E-state index contributed by atoms with van der Waals surface area (Å²) in [4.78, 5) is 18.5. The fourth-order valence-electron chi connectivity index (χ4n) is 4.03. The van der Waals surface area contributed by atoms with Gasteiger partial charge in [-0.2, -0.15) is 0 Å². The Bertz CT molecular complexity index is 905. The second-order valence-electron chi connectivity index (χ2n) is 7.19. The van der Waals surface area contributed by atoms with Gasteiger partial charge in [-0.15, -0.1) is 0 Å². The van der Waals surface area contributed by atoms with Gasteiger partial charge in [-0.1, -0.05) is 30.3 Å². The van der Waals surface area contributed by atoms with E-state index in [-0.39, 0.29) is 11.8 Å². The van der Waals surface area contributed by atoms with Gasteiger partial charge in [0, 0.05) is 22.7 Å². The van der Waals surface area contributed by atoms with Crippen molar-refractivity contribution in [3.63, 3.8) is 0 Å². The van der Waals surface area contributed by atoms with Crippen molar-refractivity contribution < 1.29 is 9.90 Å². The van der Waals surface area contributed by atoms with Crippen molar-refractivity contribution in [1.29, 1.82) is 0 Å². The minimum Gasteiger partial charge on any atom is -0.508 e. The normalized spacial score (nSPS) is 17.4. The molecular weight excluding hydrogens is 324 g/mol. The lowest BCUT2D eigenvalue weighted by Crippen LogP contribution is -2.43. The predicted octanol–water partition coefficient (Wildman–Crippen LogP) is 4.32. The second kappa shape index (κ2) is 6.96. The molecule has 2 heterocycles. The number of carbonyl (C=O) groups excluding carboxylic acids is 1. The van der Waals surface area contributed by atoms with Crippen LogP contribution in [0.4, 0.5) is 0 Å². The molecule has 1 fully saturated rings. The number of nitrogens with one attached hydrogen (secondary N) is 1. The molecule has 4 nitrogen and oxygen atoms in total. The van der Waals surface area contributed by atoms with E-state index in [1.807, 2.05) is 49.5 Å². The number of H-pyrrole nitrogens is 1. The zero-order valence-electron chi connectivity index (χ0n) is 15.0. The molecule has 0 unspecified atom stereocenters. The molecule has 1 saturated heterocycles. The lowest BCUT2D eigenvalue weighted by atomic mass is 9.88. The molecule has 134 valence electrons. The number of aromatic amines is 1. The molecule has 4 rings (SSSR count). The van der Waals surface area contributed by atoms with Crippen LogP contribution in [-0.4, -0.2) is 39.9 Å². The average molecular weight is 348 g/mol. The number of phenols is 1. The number of para-hydroxylation sites is 1. The van der Waals surface area contributed by atoms with Crippen molar-refractivity contribution in [3.05, 3.63) is 65.9 Å². The number of benzene rings is 2. The van der Waals surface area contributed by atoms with Gasteiger partial charge in [0.05, 0.1) is 6.04 Å². The maximum atomic E-state index is 13.0. The van der Waals surface area contributed by atoms with E-state index in [1.165, 1.54) is 5.56 Å². The molecule has 2 aromatic carbocycles. The molecule has 26 heavy (non-hydrogen) atoms. The largest absolute Gasteiger partial charge is 0.508 e. The highest BCUT2D eigenvalue weighted by Gasteiger charge is 2.28. The fourth-order valence-corrected chi connectivity index (χ4v) is 4.03. The number of aromatic hydroxyl groups is 1. The number of aromatic nitrogens is 1. The Morgan fingerprint density at radius 3 is 2.54 bits per heavy atom. The highest BCUT2D eigenvalue weighted by molar-refractivity contribution is 6.10. The number of nitrogens with zero attached hydrogens (tertiary/aromatic N) is 1. The van der Waals surface area contributed by atoms with Gasteiger partial charge in [0.2, 0.25) is 0 Å². The number of rotatable bonds is 4. The highest BCUT2D eigenvalue weighted by atomic mass is 16.3. The lowest BCUT2D eigenvalue weighted by molar-refractivity contribution is 0.0798. The number of carbonyl (C=O) groups is 1. The lowest BCUT2D eigenvalue weighted by Gasteiger charge is -2.35. The van der Waals surface area contributed by atoms with Gasteiger partial charge in [0.15, 0.2) is 5.78 Å². The standard InChI is InChI=1S/C22H24N2O2/c1-15(22(26)20-14-23-21-5-3-2-4-19(20)21)24-12-10-17(11-13-24)16-6-8-18(25)9-7-16/h2-9,14-15,17,23,25H,10-13H2,1H3/t15-/m1/s1. The van der Waals surface area contributed by atoms with Crippen LogP contribution in [0, 0.1) is 0 Å². The Balaban J connectivity index is 1.44. The molecule has 0 spiro atoms. The summed E-state index contributed by atoms with van der Waals surface area (Å²) in [6.45, 7) is 3.85. The van der Waals surface area contributed by atoms with E-state index < -0.39 is 0 Å². The van der Waals surface area contributed by atoms with Crippen LogP contribution >= 0.6 is 0 Å². The summed E-state index contributed by atoms with van der Waals surface area (Å²) in [6.07, 6.45) is 3.92. The maximum Gasteiger partial charge on any atom is 0.181 e. The van der Waals surface area contributed by atoms with Crippen LogP contribution in [0.2, 0.25) is 0 Å². The Morgan fingerprint density at radius 1 is 1.12 bits per heavy atom. The van der Waals surface area contributed by atoms with Crippen molar-refractivity contribution >= 4 is 16.7 Å². The molecule has 4 heteroatoms. The first kappa shape index (κ1) is 16.9. The SMILES string of the molecule is C[C@H](C(=O)c1c[nH]c2ccccc12)N1CCC(c2ccc(O)cc2)CC1. The van der Waals surface area contributed by atoms with Gasteiger partial charge in [-0.25, -0.2) is 0 Å². The van der Waals surface area contributed by atoms with Crippen LogP contribution in [0.25, 0.3) is 10.9 Å². The number of piperidine rings is 1. The molecule has 3 aromatic rings. The van der Waals surface area contributed by atoms with E-state index in [4.69, 9.17) is 0 Å². The number of likely N-dealkylation sites (tertiary alicyclic amines) is 1. The molecule has 0 saturated carbocycles. The van der Waals surface area contributed by atoms with Crippen molar-refractivity contribution in [1.82, 2.24) is 9.88 Å². The summed E-state index contributed by atoms with van der Waals surface area (Å²) in [5.74, 6) is 0.997. The summed E-state index contributed by atoms with van der Waals surface area (Å²) >= 11 is 0. The topological polar surface area (TPSA) is 56.3 Å². The first-order valence-corrected chi connectivity index (χ1v) is 9.27. The van der Waals surface area contributed by atoms with E-state index in [0.717, 1.165) is 42.4 Å². The molecule has 1 aliphatic heterocycles. The molecule has 1 aliphatic rings. The number of ketones is 1. The molecule has 1 atom stereocenters. The number of hydrogen-bond donors (Lipinski definition) is 2. The summed E-state index contributed by atoms with van der Waals surface area (Å²) in [5.41, 5.74) is 3.07. The number of Topliss-reactive ketones (excluding diaryl/α,β-unsaturated/α-hetero) is 1. The maximum absolute atomic E-state index is 13.0. The van der Waals surface area contributed by atoms with E-state index in [0.29, 0.717) is 11.7 Å². The zero-order chi connectivity index (χ0) is 18.1. The van der Waals surface area contributed by atoms with Crippen LogP contribution in [0.3, 0.4) is 0 Å². The number of fused-ring (bicyclic) bond motifs is 1. The van der Waals surface area contributed by atoms with Gasteiger partial charge in [0.25, 0.3) is 0 Å². The van der Waals surface area contributed by atoms with E-state index in [9.17, 15) is 9.90 Å². The third-order valence-electron chi connectivity index (χ3n) is 5.68. The molecule has 0 radical (unpaired) electrons.